The summed E-state index contributed by atoms with van der Waals surface area (Å²) in [6.07, 6.45) is 1.94. The van der Waals surface area contributed by atoms with Crippen molar-refractivity contribution in [2.24, 2.45) is 0 Å². The predicted molar refractivity (Wildman–Crippen MR) is 82.8 cm³/mol. The van der Waals surface area contributed by atoms with Gasteiger partial charge in [-0.25, -0.2) is 17.1 Å². The molecule has 1 aromatic carbocycles. The number of nitrogens with one attached hydrogen (secondary N) is 1. The van der Waals surface area contributed by atoms with Crippen LogP contribution in [0, 0.1) is 5.82 Å². The van der Waals surface area contributed by atoms with Crippen molar-refractivity contribution in [3.8, 4) is 0 Å². The molecule has 2 saturated heterocycles. The standard InChI is InChI=1S/C15H21FN2O3S/c16-14-3-1-2-4-15(14)17-12-5-8-18(9-6-12)22(19,20)13-7-10-21-11-13/h1-4,12-13,17H,5-11H2/t13-/m1/s1. The smallest absolute Gasteiger partial charge is 0.219 e. The average Bonchev–Trinajstić information content (AvgIpc) is 3.05. The lowest BCUT2D eigenvalue weighted by Gasteiger charge is -2.33. The number of rotatable bonds is 4. The van der Waals surface area contributed by atoms with Gasteiger partial charge in [0.15, 0.2) is 0 Å². The molecule has 3 rings (SSSR count). The number of benzene rings is 1. The maximum Gasteiger partial charge on any atom is 0.219 e. The van der Waals surface area contributed by atoms with E-state index >= 15 is 0 Å². The molecule has 2 fully saturated rings. The summed E-state index contributed by atoms with van der Waals surface area (Å²) in [4.78, 5) is 0. The molecule has 2 aliphatic heterocycles. The van der Waals surface area contributed by atoms with Gasteiger partial charge in [0.05, 0.1) is 12.3 Å². The molecular weight excluding hydrogens is 307 g/mol. The number of ether oxygens (including phenoxy) is 1. The maximum absolute atomic E-state index is 13.6. The summed E-state index contributed by atoms with van der Waals surface area (Å²) in [5.74, 6) is -0.277. The molecule has 2 heterocycles. The Kier molecular flexibility index (Phi) is 4.65. The number of halogens is 1. The largest absolute Gasteiger partial charge is 0.380 e. The molecule has 0 spiro atoms. The van der Waals surface area contributed by atoms with E-state index in [-0.39, 0.29) is 11.9 Å². The molecule has 0 aliphatic carbocycles. The second kappa shape index (κ2) is 6.52. The first-order chi connectivity index (χ1) is 10.6. The van der Waals surface area contributed by atoms with Crippen LogP contribution < -0.4 is 5.32 Å². The highest BCUT2D eigenvalue weighted by Gasteiger charge is 2.36. The number of para-hydroxylation sites is 1. The van der Waals surface area contributed by atoms with Gasteiger partial charge in [-0.2, -0.15) is 0 Å². The van der Waals surface area contributed by atoms with Crippen molar-refractivity contribution in [2.45, 2.75) is 30.6 Å². The molecular formula is C15H21FN2O3S. The molecule has 1 aromatic rings. The van der Waals surface area contributed by atoms with Gasteiger partial charge in [-0.3, -0.25) is 0 Å². The van der Waals surface area contributed by atoms with Crippen molar-refractivity contribution < 1.29 is 17.5 Å². The fourth-order valence-corrected chi connectivity index (χ4v) is 4.82. The Morgan fingerprint density at radius 1 is 1.18 bits per heavy atom. The van der Waals surface area contributed by atoms with E-state index in [0.717, 1.165) is 0 Å². The van der Waals surface area contributed by atoms with Crippen LogP contribution in [-0.2, 0) is 14.8 Å². The minimum atomic E-state index is -3.26. The molecule has 5 nitrogen and oxygen atoms in total. The van der Waals surface area contributed by atoms with E-state index in [0.29, 0.717) is 51.3 Å². The molecule has 1 atom stereocenters. The molecule has 22 heavy (non-hydrogen) atoms. The number of sulfonamides is 1. The molecule has 0 radical (unpaired) electrons. The summed E-state index contributed by atoms with van der Waals surface area (Å²) in [5, 5.41) is 2.77. The van der Waals surface area contributed by atoms with Crippen molar-refractivity contribution in [1.29, 1.82) is 0 Å². The van der Waals surface area contributed by atoms with Gasteiger partial charge in [0.25, 0.3) is 0 Å². The third kappa shape index (κ3) is 3.26. The van der Waals surface area contributed by atoms with Crippen molar-refractivity contribution in [3.63, 3.8) is 0 Å². The number of piperidine rings is 1. The van der Waals surface area contributed by atoms with Gasteiger partial charge in [0.1, 0.15) is 11.1 Å². The van der Waals surface area contributed by atoms with E-state index in [1.807, 2.05) is 0 Å². The first kappa shape index (κ1) is 15.7. The third-order valence-corrected chi connectivity index (χ3v) is 6.66. The van der Waals surface area contributed by atoms with E-state index < -0.39 is 15.3 Å². The van der Waals surface area contributed by atoms with E-state index in [9.17, 15) is 12.8 Å². The summed E-state index contributed by atoms with van der Waals surface area (Å²) in [5.41, 5.74) is 0.480. The minimum absolute atomic E-state index is 0.100. The van der Waals surface area contributed by atoms with Crippen LogP contribution in [0.3, 0.4) is 0 Å². The lowest BCUT2D eigenvalue weighted by atomic mass is 10.1. The molecule has 0 saturated carbocycles. The molecule has 122 valence electrons. The molecule has 0 bridgehead atoms. The monoisotopic (exact) mass is 328 g/mol. The maximum atomic E-state index is 13.6. The number of anilines is 1. The van der Waals surface area contributed by atoms with E-state index in [1.54, 1.807) is 22.5 Å². The Morgan fingerprint density at radius 2 is 1.91 bits per heavy atom. The Balaban J connectivity index is 1.57. The highest BCUT2D eigenvalue weighted by atomic mass is 32.2. The van der Waals surface area contributed by atoms with Gasteiger partial charge in [-0.1, -0.05) is 12.1 Å². The van der Waals surface area contributed by atoms with E-state index in [4.69, 9.17) is 4.74 Å². The minimum Gasteiger partial charge on any atom is -0.380 e. The molecule has 7 heteroatoms. The highest BCUT2D eigenvalue weighted by Crippen LogP contribution is 2.24. The van der Waals surface area contributed by atoms with Crippen LogP contribution in [-0.4, -0.2) is 50.3 Å². The van der Waals surface area contributed by atoms with Crippen LogP contribution in [0.25, 0.3) is 0 Å². The topological polar surface area (TPSA) is 58.6 Å². The second-order valence-electron chi connectivity index (χ2n) is 5.83. The molecule has 1 N–H and O–H groups in total. The zero-order valence-electron chi connectivity index (χ0n) is 12.4. The van der Waals surface area contributed by atoms with Crippen molar-refractivity contribution in [1.82, 2.24) is 4.31 Å². The third-order valence-electron chi connectivity index (χ3n) is 4.36. The summed E-state index contributed by atoms with van der Waals surface area (Å²) in [6.45, 7) is 1.78. The molecule has 0 aromatic heterocycles. The first-order valence-corrected chi connectivity index (χ1v) is 9.15. The summed E-state index contributed by atoms with van der Waals surface area (Å²) in [6, 6.07) is 6.66. The van der Waals surface area contributed by atoms with Gasteiger partial charge in [-0.15, -0.1) is 0 Å². The number of nitrogens with zero attached hydrogens (tertiary/aromatic N) is 1. The highest BCUT2D eigenvalue weighted by molar-refractivity contribution is 7.89. The summed E-state index contributed by atoms with van der Waals surface area (Å²) < 4.78 is 45.3. The lowest BCUT2D eigenvalue weighted by Crippen LogP contribution is -2.46. The quantitative estimate of drug-likeness (QED) is 0.916. The van der Waals surface area contributed by atoms with E-state index in [1.165, 1.54) is 6.07 Å². The molecule has 0 unspecified atom stereocenters. The Labute approximate surface area is 130 Å². The van der Waals surface area contributed by atoms with Crippen LogP contribution >= 0.6 is 0 Å². The summed E-state index contributed by atoms with van der Waals surface area (Å²) in [7, 11) is -3.26. The van der Waals surface area contributed by atoms with Crippen LogP contribution in [0.1, 0.15) is 19.3 Å². The first-order valence-electron chi connectivity index (χ1n) is 7.65. The van der Waals surface area contributed by atoms with E-state index in [2.05, 4.69) is 5.32 Å². The van der Waals surface area contributed by atoms with Crippen LogP contribution in [0.2, 0.25) is 0 Å². The van der Waals surface area contributed by atoms with Gasteiger partial charge < -0.3 is 10.1 Å². The SMILES string of the molecule is O=S(=O)([C@@H]1CCOC1)N1CCC(Nc2ccccc2F)CC1. The van der Waals surface area contributed by atoms with Crippen molar-refractivity contribution >= 4 is 15.7 Å². The lowest BCUT2D eigenvalue weighted by molar-refractivity contribution is 0.197. The van der Waals surface area contributed by atoms with Gasteiger partial charge in [0, 0.05) is 25.7 Å². The Hall–Kier alpha value is -1.18. The van der Waals surface area contributed by atoms with Crippen LogP contribution in [0.4, 0.5) is 10.1 Å². The zero-order chi connectivity index (χ0) is 15.6. The fraction of sp³-hybridized carbons (Fsp3) is 0.600. The van der Waals surface area contributed by atoms with Crippen molar-refractivity contribution in [2.75, 3.05) is 31.6 Å². The average molecular weight is 328 g/mol. The Bertz CT molecular complexity index is 609. The number of hydrogen-bond acceptors (Lipinski definition) is 4. The second-order valence-corrected chi connectivity index (χ2v) is 8.04. The fourth-order valence-electron chi connectivity index (χ4n) is 3.01. The van der Waals surface area contributed by atoms with Gasteiger partial charge in [0.2, 0.25) is 10.0 Å². The normalized spacial score (nSPS) is 24.5. The number of hydrogen-bond donors (Lipinski definition) is 1. The van der Waals surface area contributed by atoms with Gasteiger partial charge >= 0.3 is 0 Å². The summed E-state index contributed by atoms with van der Waals surface area (Å²) >= 11 is 0. The van der Waals surface area contributed by atoms with Crippen molar-refractivity contribution in [3.05, 3.63) is 30.1 Å². The van der Waals surface area contributed by atoms with Crippen LogP contribution in [0.15, 0.2) is 24.3 Å². The molecule has 2 aliphatic rings. The van der Waals surface area contributed by atoms with Crippen LogP contribution in [0.5, 0.6) is 0 Å². The Morgan fingerprint density at radius 3 is 2.55 bits per heavy atom. The predicted octanol–water partition coefficient (Wildman–Crippen LogP) is 1.82. The van der Waals surface area contributed by atoms with Gasteiger partial charge in [-0.05, 0) is 31.4 Å². The zero-order valence-corrected chi connectivity index (χ0v) is 13.2. The molecule has 0 amide bonds.